The summed E-state index contributed by atoms with van der Waals surface area (Å²) in [7, 11) is 0. The van der Waals surface area contributed by atoms with Gasteiger partial charge in [0.05, 0.1) is 0 Å². The van der Waals surface area contributed by atoms with E-state index in [1.54, 1.807) is 0 Å². The van der Waals surface area contributed by atoms with Crippen LogP contribution in [0, 0.1) is 11.8 Å². The smallest absolute Gasteiger partial charge is 0.143 e. The molecule has 88 valence electrons. The quantitative estimate of drug-likeness (QED) is 0.774. The number of hydrogen-bond donors (Lipinski definition) is 0. The van der Waals surface area contributed by atoms with Crippen LogP contribution in [0.1, 0.15) is 50.0 Å². The normalized spacial score (nSPS) is 21.9. The third kappa shape index (κ3) is 2.08. The Balaban J connectivity index is 2.21. The number of carbonyl (C=O) groups is 1. The van der Waals surface area contributed by atoms with E-state index in [2.05, 4.69) is 32.2 Å². The summed E-state index contributed by atoms with van der Waals surface area (Å²) >= 11 is 1.81. The van der Waals surface area contributed by atoms with Crippen molar-refractivity contribution in [3.8, 4) is 0 Å². The third-order valence-electron chi connectivity index (χ3n) is 3.84. The van der Waals surface area contributed by atoms with Gasteiger partial charge in [-0.1, -0.05) is 20.8 Å². The number of hydrogen-bond acceptors (Lipinski definition) is 2. The van der Waals surface area contributed by atoms with Crippen molar-refractivity contribution < 1.29 is 4.79 Å². The van der Waals surface area contributed by atoms with Crippen molar-refractivity contribution in [3.63, 3.8) is 0 Å². The Morgan fingerprint density at radius 3 is 2.88 bits per heavy atom. The van der Waals surface area contributed by atoms with Crippen molar-refractivity contribution in [2.24, 2.45) is 11.8 Å². The minimum absolute atomic E-state index is 0.187. The van der Waals surface area contributed by atoms with Gasteiger partial charge in [-0.15, -0.1) is 11.3 Å². The summed E-state index contributed by atoms with van der Waals surface area (Å²) < 4.78 is 0. The van der Waals surface area contributed by atoms with Crippen LogP contribution < -0.4 is 0 Å². The highest BCUT2D eigenvalue weighted by atomic mass is 32.1. The van der Waals surface area contributed by atoms with Crippen LogP contribution in [0.2, 0.25) is 0 Å². The molecule has 1 heterocycles. The average molecular weight is 236 g/mol. The first-order chi connectivity index (χ1) is 7.61. The van der Waals surface area contributed by atoms with E-state index in [-0.39, 0.29) is 11.8 Å². The summed E-state index contributed by atoms with van der Waals surface area (Å²) in [6, 6.07) is 2.16. The van der Waals surface area contributed by atoms with Gasteiger partial charge in [0, 0.05) is 16.7 Å². The molecule has 0 saturated heterocycles. The second kappa shape index (κ2) is 4.70. The molecule has 0 fully saturated rings. The molecule has 1 aromatic rings. The van der Waals surface area contributed by atoms with Gasteiger partial charge in [0.25, 0.3) is 0 Å². The summed E-state index contributed by atoms with van der Waals surface area (Å²) in [6.07, 6.45) is 3.40. The number of carbonyl (C=O) groups excluding carboxylic acids is 1. The molecule has 0 N–H and O–H groups in total. The molecule has 1 aromatic heterocycles. The van der Waals surface area contributed by atoms with Gasteiger partial charge < -0.3 is 0 Å². The fraction of sp³-hybridized carbons (Fsp3) is 0.643. The third-order valence-corrected chi connectivity index (χ3v) is 4.84. The zero-order valence-electron chi connectivity index (χ0n) is 10.3. The molecule has 0 amide bonds. The molecular weight excluding hydrogens is 216 g/mol. The summed E-state index contributed by atoms with van der Waals surface area (Å²) in [5.74, 6) is 1.29. The van der Waals surface area contributed by atoms with E-state index in [0.29, 0.717) is 11.7 Å². The number of ketones is 1. The summed E-state index contributed by atoms with van der Waals surface area (Å²) in [5, 5.41) is 2.14. The first-order valence-electron chi connectivity index (χ1n) is 6.21. The van der Waals surface area contributed by atoms with E-state index < -0.39 is 0 Å². The second-order valence-electron chi connectivity index (χ2n) is 5.18. The van der Waals surface area contributed by atoms with E-state index in [1.165, 1.54) is 23.3 Å². The molecule has 2 unspecified atom stereocenters. The molecule has 1 aliphatic carbocycles. The van der Waals surface area contributed by atoms with E-state index in [0.717, 1.165) is 6.42 Å². The molecule has 0 aliphatic heterocycles. The van der Waals surface area contributed by atoms with Crippen LogP contribution in [0.4, 0.5) is 0 Å². The summed E-state index contributed by atoms with van der Waals surface area (Å²) in [6.45, 7) is 6.35. The Morgan fingerprint density at radius 2 is 2.19 bits per heavy atom. The Hall–Kier alpha value is -0.630. The largest absolute Gasteiger partial charge is 0.299 e. The van der Waals surface area contributed by atoms with Gasteiger partial charge in [-0.25, -0.2) is 0 Å². The molecule has 1 aliphatic rings. The average Bonchev–Trinajstić information content (AvgIpc) is 2.74. The van der Waals surface area contributed by atoms with Gasteiger partial charge in [0.2, 0.25) is 0 Å². The lowest BCUT2D eigenvalue weighted by Gasteiger charge is -2.25. The number of thiophene rings is 1. The molecule has 0 aromatic carbocycles. The molecule has 16 heavy (non-hydrogen) atoms. The molecule has 2 rings (SSSR count). The SMILES string of the molecule is CC(C)C(C)C(=O)C1CCCc2sccc21. The number of aryl methyl sites for hydroxylation is 1. The highest BCUT2D eigenvalue weighted by Crippen LogP contribution is 2.37. The lowest BCUT2D eigenvalue weighted by atomic mass is 9.78. The van der Waals surface area contributed by atoms with Crippen molar-refractivity contribution >= 4 is 17.1 Å². The van der Waals surface area contributed by atoms with Gasteiger partial charge in [-0.05, 0) is 42.2 Å². The van der Waals surface area contributed by atoms with Crippen LogP contribution in [0.15, 0.2) is 11.4 Å². The maximum atomic E-state index is 12.4. The number of rotatable bonds is 3. The van der Waals surface area contributed by atoms with E-state index in [9.17, 15) is 4.79 Å². The molecule has 0 radical (unpaired) electrons. The fourth-order valence-corrected chi connectivity index (χ4v) is 3.42. The zero-order chi connectivity index (χ0) is 11.7. The fourth-order valence-electron chi connectivity index (χ4n) is 2.43. The molecule has 2 heteroatoms. The number of fused-ring (bicyclic) bond motifs is 1. The van der Waals surface area contributed by atoms with Gasteiger partial charge >= 0.3 is 0 Å². The standard InChI is InChI=1S/C14H20OS/c1-9(2)10(3)14(15)12-5-4-6-13-11(12)7-8-16-13/h7-10,12H,4-6H2,1-3H3. The van der Waals surface area contributed by atoms with E-state index in [1.807, 2.05) is 11.3 Å². The van der Waals surface area contributed by atoms with Crippen molar-refractivity contribution in [2.75, 3.05) is 0 Å². The van der Waals surface area contributed by atoms with Crippen LogP contribution in [0.3, 0.4) is 0 Å². The van der Waals surface area contributed by atoms with Gasteiger partial charge in [-0.3, -0.25) is 4.79 Å². The minimum Gasteiger partial charge on any atom is -0.299 e. The van der Waals surface area contributed by atoms with Crippen LogP contribution in [0.25, 0.3) is 0 Å². The minimum atomic E-state index is 0.187. The molecule has 0 spiro atoms. The topological polar surface area (TPSA) is 17.1 Å². The monoisotopic (exact) mass is 236 g/mol. The van der Waals surface area contributed by atoms with Gasteiger partial charge in [0.15, 0.2) is 0 Å². The van der Waals surface area contributed by atoms with Crippen molar-refractivity contribution in [3.05, 3.63) is 21.9 Å². The second-order valence-corrected chi connectivity index (χ2v) is 6.18. The number of Topliss-reactive ketones (excluding diaryl/α,β-unsaturated/α-hetero) is 1. The predicted octanol–water partition coefficient (Wildman–Crippen LogP) is 4.03. The van der Waals surface area contributed by atoms with E-state index in [4.69, 9.17) is 0 Å². The van der Waals surface area contributed by atoms with Gasteiger partial charge in [0.1, 0.15) is 5.78 Å². The lowest BCUT2D eigenvalue weighted by Crippen LogP contribution is -2.25. The van der Waals surface area contributed by atoms with Crippen LogP contribution in [-0.2, 0) is 11.2 Å². The highest BCUT2D eigenvalue weighted by Gasteiger charge is 2.31. The molecular formula is C14H20OS. The maximum absolute atomic E-state index is 12.4. The lowest BCUT2D eigenvalue weighted by molar-refractivity contribution is -0.125. The van der Waals surface area contributed by atoms with Crippen LogP contribution >= 0.6 is 11.3 Å². The molecule has 0 saturated carbocycles. The summed E-state index contributed by atoms with van der Waals surface area (Å²) in [5.41, 5.74) is 1.33. The zero-order valence-corrected chi connectivity index (χ0v) is 11.1. The molecule has 1 nitrogen and oxygen atoms in total. The first kappa shape index (κ1) is 11.8. The van der Waals surface area contributed by atoms with Crippen LogP contribution in [0.5, 0.6) is 0 Å². The highest BCUT2D eigenvalue weighted by molar-refractivity contribution is 7.10. The first-order valence-corrected chi connectivity index (χ1v) is 7.09. The van der Waals surface area contributed by atoms with Crippen molar-refractivity contribution in [1.82, 2.24) is 0 Å². The maximum Gasteiger partial charge on any atom is 0.143 e. The Kier molecular flexibility index (Phi) is 3.48. The van der Waals surface area contributed by atoms with Gasteiger partial charge in [-0.2, -0.15) is 0 Å². The Morgan fingerprint density at radius 1 is 1.44 bits per heavy atom. The Bertz CT molecular complexity index is 378. The van der Waals surface area contributed by atoms with Crippen molar-refractivity contribution in [1.29, 1.82) is 0 Å². The molecule has 0 bridgehead atoms. The van der Waals surface area contributed by atoms with Crippen molar-refractivity contribution in [2.45, 2.75) is 46.0 Å². The predicted molar refractivity (Wildman–Crippen MR) is 69.0 cm³/mol. The molecule has 2 atom stereocenters. The Labute approximate surface area is 102 Å². The van der Waals surface area contributed by atoms with E-state index >= 15 is 0 Å². The van der Waals surface area contributed by atoms with Crippen LogP contribution in [-0.4, -0.2) is 5.78 Å². The summed E-state index contributed by atoms with van der Waals surface area (Å²) in [4.78, 5) is 13.8.